The van der Waals surface area contributed by atoms with Crippen molar-refractivity contribution in [3.63, 3.8) is 0 Å². The Balaban J connectivity index is 3.65. The SMILES string of the molecule is CCN(CC)C(=O)OS[S]. The first-order chi connectivity index (χ1) is 4.76. The Morgan fingerprint density at radius 3 is 2.40 bits per heavy atom. The van der Waals surface area contributed by atoms with E-state index in [2.05, 4.69) is 15.8 Å². The largest absolute Gasteiger partial charge is 0.422 e. The second-order valence-electron chi connectivity index (χ2n) is 1.59. The molecular weight excluding hydrogens is 170 g/mol. The van der Waals surface area contributed by atoms with E-state index < -0.39 is 0 Å². The van der Waals surface area contributed by atoms with E-state index in [0.717, 1.165) is 0 Å². The first-order valence-electron chi connectivity index (χ1n) is 3.01. The van der Waals surface area contributed by atoms with E-state index >= 15 is 0 Å². The van der Waals surface area contributed by atoms with Gasteiger partial charge >= 0.3 is 6.09 Å². The Morgan fingerprint density at radius 1 is 1.60 bits per heavy atom. The lowest BCUT2D eigenvalue weighted by molar-refractivity contribution is 0.166. The smallest absolute Gasteiger partial charge is 0.362 e. The fraction of sp³-hybridized carbons (Fsp3) is 0.800. The summed E-state index contributed by atoms with van der Waals surface area (Å²) >= 11 is 5.05. The van der Waals surface area contributed by atoms with Crippen molar-refractivity contribution in [2.45, 2.75) is 13.8 Å². The minimum absolute atomic E-state index is 0.356. The van der Waals surface area contributed by atoms with Crippen molar-refractivity contribution in [1.29, 1.82) is 0 Å². The van der Waals surface area contributed by atoms with Gasteiger partial charge in [0.2, 0.25) is 0 Å². The van der Waals surface area contributed by atoms with Crippen LogP contribution in [0.4, 0.5) is 4.79 Å². The van der Waals surface area contributed by atoms with Gasteiger partial charge in [0.25, 0.3) is 0 Å². The number of carbonyl (C=O) groups is 1. The van der Waals surface area contributed by atoms with Crippen molar-refractivity contribution in [3.8, 4) is 0 Å². The molecule has 0 aromatic carbocycles. The van der Waals surface area contributed by atoms with Crippen LogP contribution in [0.1, 0.15) is 13.8 Å². The quantitative estimate of drug-likeness (QED) is 0.492. The molecule has 0 spiro atoms. The molecule has 0 heterocycles. The maximum atomic E-state index is 10.8. The summed E-state index contributed by atoms with van der Waals surface area (Å²) in [6.45, 7) is 5.09. The molecule has 0 atom stereocenters. The van der Waals surface area contributed by atoms with Crippen molar-refractivity contribution in [3.05, 3.63) is 0 Å². The van der Waals surface area contributed by atoms with Crippen LogP contribution < -0.4 is 0 Å². The molecule has 0 bridgehead atoms. The molecule has 3 nitrogen and oxygen atoms in total. The van der Waals surface area contributed by atoms with E-state index in [9.17, 15) is 4.79 Å². The minimum atomic E-state index is -0.356. The third-order valence-corrected chi connectivity index (χ3v) is 1.54. The van der Waals surface area contributed by atoms with E-state index in [4.69, 9.17) is 0 Å². The number of hydrogen-bond acceptors (Lipinski definition) is 3. The van der Waals surface area contributed by atoms with Crippen LogP contribution in [0.3, 0.4) is 0 Å². The van der Waals surface area contributed by atoms with Crippen LogP contribution in [0.2, 0.25) is 0 Å². The highest BCUT2D eigenvalue weighted by atomic mass is 33.1. The molecule has 10 heavy (non-hydrogen) atoms. The summed E-state index contributed by atoms with van der Waals surface area (Å²) in [7, 11) is 0. The average Bonchev–Trinajstić information content (AvgIpc) is 1.91. The number of amides is 1. The second kappa shape index (κ2) is 5.73. The van der Waals surface area contributed by atoms with E-state index in [0.29, 0.717) is 24.2 Å². The van der Waals surface area contributed by atoms with E-state index in [1.807, 2.05) is 13.8 Å². The summed E-state index contributed by atoms with van der Waals surface area (Å²) in [6.07, 6.45) is -0.356. The van der Waals surface area contributed by atoms with Crippen LogP contribution >= 0.6 is 22.7 Å². The van der Waals surface area contributed by atoms with Crippen LogP contribution in [0.25, 0.3) is 0 Å². The van der Waals surface area contributed by atoms with E-state index in [1.165, 1.54) is 0 Å². The van der Waals surface area contributed by atoms with Gasteiger partial charge in [-0.05, 0) is 13.8 Å². The highest BCUT2D eigenvalue weighted by Gasteiger charge is 2.09. The Hall–Kier alpha value is -0.0300. The number of carbonyl (C=O) groups excluding carboxylic acids is 1. The Morgan fingerprint density at radius 2 is 2.10 bits per heavy atom. The third-order valence-electron chi connectivity index (χ3n) is 1.13. The molecule has 0 saturated heterocycles. The maximum absolute atomic E-state index is 10.8. The van der Waals surface area contributed by atoms with E-state index in [1.54, 1.807) is 4.90 Å². The van der Waals surface area contributed by atoms with Gasteiger partial charge in [0.1, 0.15) is 11.1 Å². The molecule has 1 amide bonds. The van der Waals surface area contributed by atoms with Crippen molar-refractivity contribution in [1.82, 2.24) is 4.90 Å². The summed E-state index contributed by atoms with van der Waals surface area (Å²) in [5.41, 5.74) is 0. The molecule has 0 N–H and O–H groups in total. The topological polar surface area (TPSA) is 29.5 Å². The van der Waals surface area contributed by atoms with Gasteiger partial charge in [-0.1, -0.05) is 0 Å². The van der Waals surface area contributed by atoms with Crippen LogP contribution in [-0.4, -0.2) is 24.1 Å². The van der Waals surface area contributed by atoms with Crippen molar-refractivity contribution < 1.29 is 8.98 Å². The molecule has 0 saturated carbocycles. The van der Waals surface area contributed by atoms with Gasteiger partial charge < -0.3 is 9.08 Å². The van der Waals surface area contributed by atoms with Gasteiger partial charge in [0.05, 0.1) is 0 Å². The average molecular weight is 180 g/mol. The predicted octanol–water partition coefficient (Wildman–Crippen LogP) is 2.23. The molecule has 0 aliphatic carbocycles. The first kappa shape index (κ1) is 9.97. The van der Waals surface area contributed by atoms with Gasteiger partial charge in [-0.2, -0.15) is 0 Å². The number of nitrogens with zero attached hydrogens (tertiary/aromatic N) is 1. The standard InChI is InChI=1S/C5H10NO2S2/c1-3-6(4-2)5(7)8-10-9/h3-4H2,1-2H3. The molecule has 59 valence electrons. The van der Waals surface area contributed by atoms with Crippen LogP contribution in [0, 0.1) is 0 Å². The lowest BCUT2D eigenvalue weighted by Gasteiger charge is -2.15. The zero-order valence-corrected chi connectivity index (χ0v) is 7.63. The molecule has 0 aliphatic heterocycles. The summed E-state index contributed by atoms with van der Waals surface area (Å²) in [5.74, 6) is 0. The highest BCUT2D eigenvalue weighted by Crippen LogP contribution is 2.09. The number of hydrogen-bond donors (Lipinski definition) is 0. The Labute approximate surface area is 70.1 Å². The zero-order valence-electron chi connectivity index (χ0n) is 5.99. The second-order valence-corrected chi connectivity index (χ2v) is 2.30. The monoisotopic (exact) mass is 180 g/mol. The maximum Gasteiger partial charge on any atom is 0.422 e. The lowest BCUT2D eigenvalue weighted by Crippen LogP contribution is -2.29. The molecule has 0 aromatic rings. The molecule has 0 rings (SSSR count). The van der Waals surface area contributed by atoms with Crippen LogP contribution in [0.15, 0.2) is 0 Å². The Bertz CT molecular complexity index is 106. The molecule has 5 heteroatoms. The molecule has 0 unspecified atom stereocenters. The molecular formula is C5H10NO2S2. The van der Waals surface area contributed by atoms with Gasteiger partial charge in [-0.3, -0.25) is 0 Å². The van der Waals surface area contributed by atoms with E-state index in [-0.39, 0.29) is 6.09 Å². The molecule has 0 fully saturated rings. The molecule has 1 radical (unpaired) electrons. The fourth-order valence-electron chi connectivity index (χ4n) is 0.564. The molecule has 0 aromatic heterocycles. The van der Waals surface area contributed by atoms with Crippen molar-refractivity contribution >= 4 is 28.8 Å². The summed E-state index contributed by atoms with van der Waals surface area (Å²) < 4.78 is 4.50. The number of rotatable bonds is 3. The van der Waals surface area contributed by atoms with Crippen LogP contribution in [0.5, 0.6) is 0 Å². The first-order valence-corrected chi connectivity index (χ1v) is 4.68. The minimum Gasteiger partial charge on any atom is -0.362 e. The third kappa shape index (κ3) is 3.22. The highest BCUT2D eigenvalue weighted by molar-refractivity contribution is 8.66. The van der Waals surface area contributed by atoms with Crippen molar-refractivity contribution in [2.24, 2.45) is 0 Å². The van der Waals surface area contributed by atoms with Gasteiger partial charge in [-0.15, -0.1) is 0 Å². The zero-order chi connectivity index (χ0) is 7.98. The Kier molecular flexibility index (Phi) is 5.71. The molecule has 0 aliphatic rings. The normalized spacial score (nSPS) is 9.10. The lowest BCUT2D eigenvalue weighted by atomic mass is 10.6. The van der Waals surface area contributed by atoms with Crippen molar-refractivity contribution in [2.75, 3.05) is 13.1 Å². The van der Waals surface area contributed by atoms with Gasteiger partial charge in [0.15, 0.2) is 0 Å². The van der Waals surface area contributed by atoms with Gasteiger partial charge in [0, 0.05) is 24.8 Å². The van der Waals surface area contributed by atoms with Crippen LogP contribution in [-0.2, 0) is 4.18 Å². The summed E-state index contributed by atoms with van der Waals surface area (Å²) in [6, 6.07) is 0. The predicted molar refractivity (Wildman–Crippen MR) is 44.6 cm³/mol. The fourth-order valence-corrected chi connectivity index (χ4v) is 0.902. The van der Waals surface area contributed by atoms with Gasteiger partial charge in [-0.25, -0.2) is 4.79 Å². The summed E-state index contributed by atoms with van der Waals surface area (Å²) in [5, 5.41) is 0. The summed E-state index contributed by atoms with van der Waals surface area (Å²) in [4.78, 5) is 12.4.